The Morgan fingerprint density at radius 2 is 1.47 bits per heavy atom. The Morgan fingerprint density at radius 3 is 2.03 bits per heavy atom. The SMILES string of the molecule is COc1ccc(C(NC(=O)Cn2nnc3ccccc32)c2ccc(OC)cc2)cc1. The molecule has 0 aliphatic heterocycles. The molecule has 7 heteroatoms. The molecule has 152 valence electrons. The van der Waals surface area contributed by atoms with Gasteiger partial charge in [0.1, 0.15) is 23.6 Å². The molecule has 0 bridgehead atoms. The second kappa shape index (κ2) is 8.65. The quantitative estimate of drug-likeness (QED) is 0.513. The molecule has 0 unspecified atom stereocenters. The molecule has 0 fully saturated rings. The van der Waals surface area contributed by atoms with Crippen LogP contribution in [0.25, 0.3) is 11.0 Å². The minimum Gasteiger partial charge on any atom is -0.497 e. The molecule has 0 saturated carbocycles. The van der Waals surface area contributed by atoms with Crippen molar-refractivity contribution in [3.8, 4) is 11.5 Å². The number of ether oxygens (including phenoxy) is 2. The first-order valence-corrected chi connectivity index (χ1v) is 9.53. The summed E-state index contributed by atoms with van der Waals surface area (Å²) in [6.07, 6.45) is 0. The first kappa shape index (κ1) is 19.4. The normalized spacial score (nSPS) is 10.9. The van der Waals surface area contributed by atoms with Gasteiger partial charge in [0.25, 0.3) is 0 Å². The number of fused-ring (bicyclic) bond motifs is 1. The topological polar surface area (TPSA) is 78.3 Å². The number of rotatable bonds is 7. The summed E-state index contributed by atoms with van der Waals surface area (Å²) >= 11 is 0. The van der Waals surface area contributed by atoms with Gasteiger partial charge < -0.3 is 14.8 Å². The molecule has 0 aliphatic carbocycles. The molecule has 0 radical (unpaired) electrons. The maximum absolute atomic E-state index is 12.9. The van der Waals surface area contributed by atoms with Crippen LogP contribution in [0, 0.1) is 0 Å². The predicted octanol–water partition coefficient (Wildman–Crippen LogP) is 3.35. The minimum absolute atomic E-state index is 0.0727. The van der Waals surface area contributed by atoms with Crippen LogP contribution in [0.15, 0.2) is 72.8 Å². The molecule has 0 atom stereocenters. The van der Waals surface area contributed by atoms with E-state index >= 15 is 0 Å². The fourth-order valence-electron chi connectivity index (χ4n) is 3.33. The molecule has 0 saturated heterocycles. The third-order valence-corrected chi connectivity index (χ3v) is 4.92. The molecule has 3 aromatic carbocycles. The first-order valence-electron chi connectivity index (χ1n) is 9.53. The maximum atomic E-state index is 12.9. The van der Waals surface area contributed by atoms with Gasteiger partial charge in [0.2, 0.25) is 5.91 Å². The number of amides is 1. The number of para-hydroxylation sites is 1. The van der Waals surface area contributed by atoms with Crippen LogP contribution < -0.4 is 14.8 Å². The van der Waals surface area contributed by atoms with E-state index in [-0.39, 0.29) is 18.5 Å². The molecule has 1 amide bonds. The standard InChI is InChI=1S/C23H22N4O3/c1-29-18-11-7-16(8-12-18)23(17-9-13-19(30-2)14-10-17)24-22(28)15-27-21-6-4-3-5-20(21)25-26-27/h3-14,23H,15H2,1-2H3,(H,24,28). The van der Waals surface area contributed by atoms with Gasteiger partial charge in [-0.1, -0.05) is 41.6 Å². The van der Waals surface area contributed by atoms with Crippen molar-refractivity contribution in [3.05, 3.63) is 83.9 Å². The van der Waals surface area contributed by atoms with E-state index in [0.717, 1.165) is 33.7 Å². The van der Waals surface area contributed by atoms with Crippen molar-refractivity contribution in [1.29, 1.82) is 0 Å². The number of aromatic nitrogens is 3. The number of carbonyl (C=O) groups excluding carboxylic acids is 1. The number of nitrogens with one attached hydrogen (secondary N) is 1. The number of hydrogen-bond acceptors (Lipinski definition) is 5. The van der Waals surface area contributed by atoms with Crippen LogP contribution in [0.2, 0.25) is 0 Å². The fourth-order valence-corrected chi connectivity index (χ4v) is 3.33. The van der Waals surface area contributed by atoms with Gasteiger partial charge in [-0.15, -0.1) is 5.10 Å². The Balaban J connectivity index is 1.60. The number of nitrogens with zero attached hydrogens (tertiary/aromatic N) is 3. The summed E-state index contributed by atoms with van der Waals surface area (Å²) in [4.78, 5) is 12.9. The summed E-state index contributed by atoms with van der Waals surface area (Å²) in [6.45, 7) is 0.0727. The summed E-state index contributed by atoms with van der Waals surface area (Å²) in [5.41, 5.74) is 3.46. The largest absolute Gasteiger partial charge is 0.497 e. The van der Waals surface area contributed by atoms with E-state index in [1.54, 1.807) is 18.9 Å². The van der Waals surface area contributed by atoms with Gasteiger partial charge in [-0.05, 0) is 47.5 Å². The second-order valence-corrected chi connectivity index (χ2v) is 6.78. The molecule has 7 nitrogen and oxygen atoms in total. The second-order valence-electron chi connectivity index (χ2n) is 6.78. The molecule has 0 aliphatic rings. The van der Waals surface area contributed by atoms with Crippen LogP contribution >= 0.6 is 0 Å². The molecule has 4 aromatic rings. The lowest BCUT2D eigenvalue weighted by Gasteiger charge is -2.20. The zero-order chi connectivity index (χ0) is 20.9. The molecule has 1 aromatic heterocycles. The lowest BCUT2D eigenvalue weighted by molar-refractivity contribution is -0.122. The van der Waals surface area contributed by atoms with E-state index in [9.17, 15) is 4.79 Å². The summed E-state index contributed by atoms with van der Waals surface area (Å²) < 4.78 is 12.1. The Hall–Kier alpha value is -3.87. The zero-order valence-corrected chi connectivity index (χ0v) is 16.8. The van der Waals surface area contributed by atoms with Gasteiger partial charge in [-0.2, -0.15) is 0 Å². The molecule has 1 N–H and O–H groups in total. The maximum Gasteiger partial charge on any atom is 0.242 e. The van der Waals surface area contributed by atoms with Crippen LogP contribution in [0.3, 0.4) is 0 Å². The van der Waals surface area contributed by atoms with E-state index < -0.39 is 0 Å². The Kier molecular flexibility index (Phi) is 5.61. The summed E-state index contributed by atoms with van der Waals surface area (Å²) in [6, 6.07) is 22.5. The summed E-state index contributed by atoms with van der Waals surface area (Å²) in [7, 11) is 3.25. The number of benzene rings is 3. The van der Waals surface area contributed by atoms with Crippen molar-refractivity contribution in [1.82, 2.24) is 20.3 Å². The van der Waals surface area contributed by atoms with Crippen molar-refractivity contribution in [2.24, 2.45) is 0 Å². The van der Waals surface area contributed by atoms with Crippen molar-refractivity contribution < 1.29 is 14.3 Å². The average molecular weight is 402 g/mol. The van der Waals surface area contributed by atoms with Crippen LogP contribution in [-0.2, 0) is 11.3 Å². The third-order valence-electron chi connectivity index (χ3n) is 4.92. The zero-order valence-electron chi connectivity index (χ0n) is 16.8. The molecule has 30 heavy (non-hydrogen) atoms. The molecule has 1 heterocycles. The van der Waals surface area contributed by atoms with Gasteiger partial charge in [0.05, 0.1) is 25.8 Å². The smallest absolute Gasteiger partial charge is 0.242 e. The van der Waals surface area contributed by atoms with Gasteiger partial charge in [-0.3, -0.25) is 4.79 Å². The van der Waals surface area contributed by atoms with Crippen molar-refractivity contribution >= 4 is 16.9 Å². The number of carbonyl (C=O) groups is 1. The monoisotopic (exact) mass is 402 g/mol. The van der Waals surface area contributed by atoms with Crippen LogP contribution in [0.4, 0.5) is 0 Å². The van der Waals surface area contributed by atoms with Gasteiger partial charge in [0, 0.05) is 0 Å². The minimum atomic E-state index is -0.330. The highest BCUT2D eigenvalue weighted by atomic mass is 16.5. The van der Waals surface area contributed by atoms with Gasteiger partial charge in [0.15, 0.2) is 0 Å². The lowest BCUT2D eigenvalue weighted by atomic mass is 9.98. The predicted molar refractivity (Wildman–Crippen MR) is 114 cm³/mol. The average Bonchev–Trinajstić information content (AvgIpc) is 3.20. The first-order chi connectivity index (χ1) is 14.7. The number of hydrogen-bond donors (Lipinski definition) is 1. The summed E-state index contributed by atoms with van der Waals surface area (Å²) in [5, 5.41) is 11.3. The molecular formula is C23H22N4O3. The Labute approximate surface area is 174 Å². The molecule has 4 rings (SSSR count). The van der Waals surface area contributed by atoms with Crippen molar-refractivity contribution in [2.75, 3.05) is 14.2 Å². The van der Waals surface area contributed by atoms with E-state index in [1.807, 2.05) is 72.8 Å². The summed E-state index contributed by atoms with van der Waals surface area (Å²) in [5.74, 6) is 1.35. The lowest BCUT2D eigenvalue weighted by Crippen LogP contribution is -2.32. The van der Waals surface area contributed by atoms with Crippen LogP contribution in [-0.4, -0.2) is 35.1 Å². The molecule has 0 spiro atoms. The van der Waals surface area contributed by atoms with E-state index in [2.05, 4.69) is 15.6 Å². The van der Waals surface area contributed by atoms with E-state index in [1.165, 1.54) is 0 Å². The number of methoxy groups -OCH3 is 2. The van der Waals surface area contributed by atoms with Crippen LogP contribution in [0.1, 0.15) is 17.2 Å². The highest BCUT2D eigenvalue weighted by Gasteiger charge is 2.18. The van der Waals surface area contributed by atoms with E-state index in [0.29, 0.717) is 0 Å². The highest BCUT2D eigenvalue weighted by Crippen LogP contribution is 2.26. The Morgan fingerprint density at radius 1 is 0.900 bits per heavy atom. The van der Waals surface area contributed by atoms with E-state index in [4.69, 9.17) is 9.47 Å². The van der Waals surface area contributed by atoms with Crippen LogP contribution in [0.5, 0.6) is 11.5 Å². The van der Waals surface area contributed by atoms with Crippen molar-refractivity contribution in [2.45, 2.75) is 12.6 Å². The fraction of sp³-hybridized carbons (Fsp3) is 0.174. The third kappa shape index (κ3) is 4.10. The van der Waals surface area contributed by atoms with Gasteiger partial charge in [-0.25, -0.2) is 4.68 Å². The Bertz CT molecular complexity index is 1090. The van der Waals surface area contributed by atoms with Gasteiger partial charge >= 0.3 is 0 Å². The van der Waals surface area contributed by atoms with Crippen molar-refractivity contribution in [3.63, 3.8) is 0 Å². The highest BCUT2D eigenvalue weighted by molar-refractivity contribution is 5.80. The molecular weight excluding hydrogens is 380 g/mol.